The minimum absolute atomic E-state index is 0.0680. The van der Waals surface area contributed by atoms with Gasteiger partial charge in [0.25, 0.3) is 5.91 Å². The smallest absolute Gasteiger partial charge is 0.266 e. The lowest BCUT2D eigenvalue weighted by Crippen LogP contribution is -2.14. The second-order valence-electron chi connectivity index (χ2n) is 7.26. The first kappa shape index (κ1) is 24.5. The number of carbonyl (C=O) groups excluding carboxylic acids is 1. The molecule has 0 radical (unpaired) electrons. The maximum absolute atomic E-state index is 13.6. The summed E-state index contributed by atoms with van der Waals surface area (Å²) in [6, 6.07) is 17.1. The van der Waals surface area contributed by atoms with Gasteiger partial charge in [-0.25, -0.2) is 4.39 Å². The summed E-state index contributed by atoms with van der Waals surface area (Å²) in [6.07, 6.45) is 1.95. The van der Waals surface area contributed by atoms with Gasteiger partial charge in [-0.1, -0.05) is 45.7 Å². The predicted octanol–water partition coefficient (Wildman–Crippen LogP) is 7.09. The van der Waals surface area contributed by atoms with Crippen molar-refractivity contribution in [3.8, 4) is 11.8 Å². The van der Waals surface area contributed by atoms with E-state index in [2.05, 4.69) is 21.2 Å². The minimum Gasteiger partial charge on any atom is -0.494 e. The monoisotopic (exact) mass is 526 g/mol. The molecule has 1 amide bonds. The first-order valence-corrected chi connectivity index (χ1v) is 11.4. The Kier molecular flexibility index (Phi) is 8.26. The summed E-state index contributed by atoms with van der Waals surface area (Å²) in [5, 5.41) is 12.8. The average molecular weight is 528 g/mol. The number of rotatable bonds is 7. The van der Waals surface area contributed by atoms with Crippen LogP contribution in [-0.2, 0) is 11.2 Å². The van der Waals surface area contributed by atoms with E-state index >= 15 is 0 Å². The fourth-order valence-corrected chi connectivity index (χ4v) is 4.04. The maximum Gasteiger partial charge on any atom is 0.266 e. The van der Waals surface area contributed by atoms with E-state index in [9.17, 15) is 14.4 Å². The van der Waals surface area contributed by atoms with Gasteiger partial charge in [0.2, 0.25) is 0 Å². The van der Waals surface area contributed by atoms with Crippen LogP contribution in [0.2, 0.25) is 5.02 Å². The van der Waals surface area contributed by atoms with Crippen molar-refractivity contribution in [2.75, 3.05) is 11.9 Å². The largest absolute Gasteiger partial charge is 0.494 e. The van der Waals surface area contributed by atoms with Crippen LogP contribution in [0.4, 0.5) is 10.1 Å². The van der Waals surface area contributed by atoms with Gasteiger partial charge in [0.1, 0.15) is 23.2 Å². The number of nitrogens with one attached hydrogen (secondary N) is 1. The molecule has 4 nitrogen and oxygen atoms in total. The molecule has 0 spiro atoms. The molecule has 3 rings (SSSR count). The van der Waals surface area contributed by atoms with Crippen molar-refractivity contribution in [2.45, 2.75) is 20.3 Å². The van der Waals surface area contributed by atoms with Gasteiger partial charge in [-0.3, -0.25) is 4.79 Å². The predicted molar refractivity (Wildman–Crippen MR) is 133 cm³/mol. The summed E-state index contributed by atoms with van der Waals surface area (Å²) < 4.78 is 20.2. The van der Waals surface area contributed by atoms with Crippen LogP contribution >= 0.6 is 27.5 Å². The molecule has 0 aliphatic carbocycles. The van der Waals surface area contributed by atoms with Crippen LogP contribution in [0.3, 0.4) is 0 Å². The normalized spacial score (nSPS) is 11.1. The number of hydrogen-bond donors (Lipinski definition) is 1. The van der Waals surface area contributed by atoms with Gasteiger partial charge in [-0.15, -0.1) is 0 Å². The van der Waals surface area contributed by atoms with Gasteiger partial charge in [-0.05, 0) is 73.0 Å². The molecule has 0 aliphatic rings. The molecule has 0 heterocycles. The van der Waals surface area contributed by atoms with Crippen LogP contribution in [0.15, 0.2) is 64.6 Å². The maximum atomic E-state index is 13.6. The van der Waals surface area contributed by atoms with E-state index < -0.39 is 5.91 Å². The van der Waals surface area contributed by atoms with Crippen molar-refractivity contribution in [2.24, 2.45) is 0 Å². The third kappa shape index (κ3) is 6.22. The molecule has 0 atom stereocenters. The number of hydrogen-bond acceptors (Lipinski definition) is 3. The number of nitrogens with zero attached hydrogens (tertiary/aromatic N) is 1. The Morgan fingerprint density at radius 3 is 2.70 bits per heavy atom. The highest BCUT2D eigenvalue weighted by Gasteiger charge is 2.15. The molecule has 168 valence electrons. The number of nitriles is 1. The molecular formula is C26H21BrClFN2O2. The van der Waals surface area contributed by atoms with Crippen LogP contribution in [-0.4, -0.2) is 12.5 Å². The van der Waals surface area contributed by atoms with Gasteiger partial charge >= 0.3 is 0 Å². The number of carbonyl (C=O) groups is 1. The average Bonchev–Trinajstić information content (AvgIpc) is 2.77. The fraction of sp³-hybridized carbons (Fsp3) is 0.154. The van der Waals surface area contributed by atoms with Gasteiger partial charge < -0.3 is 10.1 Å². The Labute approximate surface area is 205 Å². The Hall–Kier alpha value is -3.14. The number of anilines is 1. The van der Waals surface area contributed by atoms with E-state index in [-0.39, 0.29) is 11.4 Å². The van der Waals surface area contributed by atoms with Crippen LogP contribution in [0.25, 0.3) is 6.08 Å². The van der Waals surface area contributed by atoms with Crippen molar-refractivity contribution in [1.82, 2.24) is 0 Å². The molecule has 0 aliphatic heterocycles. The lowest BCUT2D eigenvalue weighted by Gasteiger charge is -2.14. The fourth-order valence-electron chi connectivity index (χ4n) is 3.27. The molecule has 0 bridgehead atoms. The second kappa shape index (κ2) is 11.1. The zero-order valence-electron chi connectivity index (χ0n) is 18.1. The summed E-state index contributed by atoms with van der Waals surface area (Å²) in [4.78, 5) is 12.7. The van der Waals surface area contributed by atoms with Crippen LogP contribution < -0.4 is 10.1 Å². The third-order valence-electron chi connectivity index (χ3n) is 4.94. The van der Waals surface area contributed by atoms with Crippen molar-refractivity contribution in [3.05, 3.63) is 97.7 Å². The summed E-state index contributed by atoms with van der Waals surface area (Å²) >= 11 is 9.68. The van der Waals surface area contributed by atoms with Gasteiger partial charge in [0.05, 0.1) is 6.61 Å². The van der Waals surface area contributed by atoms with Gasteiger partial charge in [0.15, 0.2) is 0 Å². The molecule has 0 saturated heterocycles. The molecule has 0 unspecified atom stereocenters. The summed E-state index contributed by atoms with van der Waals surface area (Å²) in [5.41, 5.74) is 3.44. The van der Waals surface area contributed by atoms with Gasteiger partial charge in [0, 0.05) is 27.2 Å². The summed E-state index contributed by atoms with van der Waals surface area (Å²) in [5.74, 6) is -0.257. The van der Waals surface area contributed by atoms with E-state index in [0.717, 1.165) is 15.6 Å². The Bertz CT molecular complexity index is 1270. The van der Waals surface area contributed by atoms with Crippen LogP contribution in [0, 0.1) is 24.1 Å². The number of halogens is 3. The zero-order chi connectivity index (χ0) is 24.0. The van der Waals surface area contributed by atoms with Crippen LogP contribution in [0.5, 0.6) is 5.75 Å². The molecule has 0 fully saturated rings. The lowest BCUT2D eigenvalue weighted by molar-refractivity contribution is -0.112. The Morgan fingerprint density at radius 1 is 1.24 bits per heavy atom. The molecule has 3 aromatic carbocycles. The first-order chi connectivity index (χ1) is 15.8. The van der Waals surface area contributed by atoms with E-state index in [1.807, 2.05) is 19.1 Å². The van der Waals surface area contributed by atoms with Crippen molar-refractivity contribution in [3.63, 3.8) is 0 Å². The first-order valence-electron chi connectivity index (χ1n) is 10.2. The van der Waals surface area contributed by atoms with E-state index in [4.69, 9.17) is 16.3 Å². The molecule has 3 aromatic rings. The molecule has 1 N–H and O–H groups in total. The van der Waals surface area contributed by atoms with Crippen LogP contribution in [0.1, 0.15) is 29.2 Å². The second-order valence-corrected chi connectivity index (χ2v) is 8.52. The van der Waals surface area contributed by atoms with Crippen molar-refractivity contribution >= 4 is 45.2 Å². The van der Waals surface area contributed by atoms with Crippen molar-refractivity contribution in [1.29, 1.82) is 5.26 Å². The topological polar surface area (TPSA) is 62.1 Å². The zero-order valence-corrected chi connectivity index (χ0v) is 20.4. The number of benzene rings is 3. The van der Waals surface area contributed by atoms with Crippen molar-refractivity contribution < 1.29 is 13.9 Å². The molecule has 7 heteroatoms. The standard InChI is InChI=1S/C26H21BrClFN2O2/c1-3-33-25-14-18(13-22(27)21(25)12-17-6-4-7-20(29)11-17)10-19(15-30)26(32)31-24-9-5-8-23(28)16(24)2/h4-11,13-14H,3,12H2,1-2H3,(H,31,32)/b19-10+. The molecular weight excluding hydrogens is 507 g/mol. The lowest BCUT2D eigenvalue weighted by atomic mass is 10.0. The highest BCUT2D eigenvalue weighted by atomic mass is 79.9. The Morgan fingerprint density at radius 2 is 2.00 bits per heavy atom. The third-order valence-corrected chi connectivity index (χ3v) is 6.06. The number of amides is 1. The summed E-state index contributed by atoms with van der Waals surface area (Å²) in [6.45, 7) is 4.08. The van der Waals surface area contributed by atoms with E-state index in [1.165, 1.54) is 18.2 Å². The minimum atomic E-state index is -0.541. The number of ether oxygens (including phenoxy) is 1. The van der Waals surface area contributed by atoms with Gasteiger partial charge in [-0.2, -0.15) is 5.26 Å². The van der Waals surface area contributed by atoms with E-state index in [1.54, 1.807) is 43.3 Å². The Balaban J connectivity index is 1.93. The summed E-state index contributed by atoms with van der Waals surface area (Å²) in [7, 11) is 0. The highest BCUT2D eigenvalue weighted by Crippen LogP contribution is 2.32. The molecule has 0 aromatic heterocycles. The highest BCUT2D eigenvalue weighted by molar-refractivity contribution is 9.10. The SMILES string of the molecule is CCOc1cc(/C=C(\C#N)C(=O)Nc2cccc(Cl)c2C)cc(Br)c1Cc1cccc(F)c1. The quantitative estimate of drug-likeness (QED) is 0.264. The molecule has 0 saturated carbocycles. The molecule has 33 heavy (non-hydrogen) atoms. The van der Waals surface area contributed by atoms with E-state index in [0.29, 0.717) is 40.6 Å².